The predicted octanol–water partition coefficient (Wildman–Crippen LogP) is 2.61. The molecule has 3 N–H and O–H groups in total. The van der Waals surface area contributed by atoms with E-state index in [0.29, 0.717) is 23.7 Å². The number of piperidine rings is 1. The summed E-state index contributed by atoms with van der Waals surface area (Å²) in [6.45, 7) is 3.30. The van der Waals surface area contributed by atoms with E-state index in [9.17, 15) is 14.9 Å². The molecule has 3 rings (SSSR count). The summed E-state index contributed by atoms with van der Waals surface area (Å²) in [5.41, 5.74) is 8.30. The number of carbonyl (C=O) groups excluding carboxylic acids is 2. The third-order valence-corrected chi connectivity index (χ3v) is 6.00. The van der Waals surface area contributed by atoms with Crippen LogP contribution in [0.2, 0.25) is 0 Å². The molecular formula is C19H22N4O2S. The molecule has 1 aromatic carbocycles. The number of urea groups is 1. The van der Waals surface area contributed by atoms with Crippen LogP contribution in [0, 0.1) is 18.3 Å². The highest BCUT2D eigenvalue weighted by Gasteiger charge is 2.41. The summed E-state index contributed by atoms with van der Waals surface area (Å²) in [4.78, 5) is 26.8. The van der Waals surface area contributed by atoms with Crippen molar-refractivity contribution in [2.45, 2.75) is 37.4 Å². The minimum atomic E-state index is -0.625. The average molecular weight is 370 g/mol. The molecule has 1 aromatic rings. The van der Waals surface area contributed by atoms with E-state index in [1.54, 1.807) is 4.90 Å². The van der Waals surface area contributed by atoms with Crippen molar-refractivity contribution >= 4 is 23.7 Å². The lowest BCUT2D eigenvalue weighted by Crippen LogP contribution is -2.48. The van der Waals surface area contributed by atoms with Crippen LogP contribution in [0.1, 0.15) is 36.3 Å². The maximum atomic E-state index is 12.8. The first-order valence-corrected chi connectivity index (χ1v) is 9.62. The zero-order valence-corrected chi connectivity index (χ0v) is 15.5. The van der Waals surface area contributed by atoms with Gasteiger partial charge in [-0.3, -0.25) is 10.1 Å². The molecule has 26 heavy (non-hydrogen) atoms. The summed E-state index contributed by atoms with van der Waals surface area (Å²) in [5, 5.41) is 11.7. The largest absolute Gasteiger partial charge is 0.393 e. The number of amides is 3. The average Bonchev–Trinajstić information content (AvgIpc) is 2.99. The Balaban J connectivity index is 1.80. The smallest absolute Gasteiger partial charge is 0.324 e. The highest BCUT2D eigenvalue weighted by molar-refractivity contribution is 8.04. The molecule has 1 fully saturated rings. The molecule has 2 heterocycles. The number of carbonyl (C=O) groups is 2. The number of hydrogen-bond donors (Lipinski definition) is 2. The fraction of sp³-hybridized carbons (Fsp3) is 0.421. The van der Waals surface area contributed by atoms with Crippen molar-refractivity contribution in [1.29, 1.82) is 5.26 Å². The number of nitrogens with one attached hydrogen (secondary N) is 1. The highest BCUT2D eigenvalue weighted by Crippen LogP contribution is 2.45. The van der Waals surface area contributed by atoms with Gasteiger partial charge in [0, 0.05) is 19.0 Å². The van der Waals surface area contributed by atoms with Gasteiger partial charge in [-0.1, -0.05) is 41.6 Å². The van der Waals surface area contributed by atoms with Gasteiger partial charge in [-0.2, -0.15) is 5.26 Å². The number of allylic oxidation sites excluding steroid dienone is 1. The van der Waals surface area contributed by atoms with Crippen LogP contribution in [0.25, 0.3) is 0 Å². The van der Waals surface area contributed by atoms with Gasteiger partial charge in [0.1, 0.15) is 5.25 Å². The van der Waals surface area contributed by atoms with Crippen LogP contribution in [-0.2, 0) is 4.79 Å². The van der Waals surface area contributed by atoms with Crippen molar-refractivity contribution in [3.63, 3.8) is 0 Å². The van der Waals surface area contributed by atoms with Gasteiger partial charge in [0.25, 0.3) is 0 Å². The van der Waals surface area contributed by atoms with E-state index in [1.807, 2.05) is 31.2 Å². The molecule has 2 unspecified atom stereocenters. The quantitative estimate of drug-likeness (QED) is 0.834. The van der Waals surface area contributed by atoms with Crippen molar-refractivity contribution in [2.75, 3.05) is 13.1 Å². The standard InChI is InChI=1S/C19H22N4O2S/c1-12-6-5-7-13(10-12)15-14(11-20)17(21)26-16(15)18(24)22-19(25)23-8-3-2-4-9-23/h5-7,10,15-16H,2-4,8-9,21H2,1H3,(H,22,24,25). The van der Waals surface area contributed by atoms with Crippen LogP contribution in [0.5, 0.6) is 0 Å². The third-order valence-electron chi connectivity index (χ3n) is 4.79. The Hall–Kier alpha value is -2.46. The van der Waals surface area contributed by atoms with Crippen molar-refractivity contribution in [3.8, 4) is 6.07 Å². The second kappa shape index (κ2) is 7.83. The van der Waals surface area contributed by atoms with E-state index in [2.05, 4.69) is 11.4 Å². The van der Waals surface area contributed by atoms with Gasteiger partial charge >= 0.3 is 6.03 Å². The van der Waals surface area contributed by atoms with E-state index in [4.69, 9.17) is 5.73 Å². The van der Waals surface area contributed by atoms with Crippen LogP contribution in [-0.4, -0.2) is 35.2 Å². The number of hydrogen-bond acceptors (Lipinski definition) is 5. The van der Waals surface area contributed by atoms with Crippen LogP contribution in [0.3, 0.4) is 0 Å². The normalized spacial score (nSPS) is 22.8. The minimum Gasteiger partial charge on any atom is -0.393 e. The fourth-order valence-electron chi connectivity index (χ4n) is 3.46. The van der Waals surface area contributed by atoms with Gasteiger partial charge in [0.05, 0.1) is 16.7 Å². The molecule has 3 amide bonds. The molecule has 0 aromatic heterocycles. The van der Waals surface area contributed by atoms with Gasteiger partial charge in [0.15, 0.2) is 0 Å². The predicted molar refractivity (Wildman–Crippen MR) is 101 cm³/mol. The SMILES string of the molecule is Cc1cccc(C2C(C#N)=C(N)SC2C(=O)NC(=O)N2CCCCC2)c1. The van der Waals surface area contributed by atoms with E-state index >= 15 is 0 Å². The Kier molecular flexibility index (Phi) is 5.52. The maximum Gasteiger partial charge on any atom is 0.324 e. The van der Waals surface area contributed by atoms with Crippen LogP contribution < -0.4 is 11.1 Å². The molecule has 0 aliphatic carbocycles. The summed E-state index contributed by atoms with van der Waals surface area (Å²) in [5.74, 6) is -0.843. The maximum absolute atomic E-state index is 12.8. The van der Waals surface area contributed by atoms with Crippen molar-refractivity contribution in [2.24, 2.45) is 5.73 Å². The zero-order chi connectivity index (χ0) is 18.7. The first kappa shape index (κ1) is 18.3. The summed E-state index contributed by atoms with van der Waals surface area (Å²) in [7, 11) is 0. The zero-order valence-electron chi connectivity index (χ0n) is 14.7. The van der Waals surface area contributed by atoms with Gasteiger partial charge in [-0.05, 0) is 31.7 Å². The Morgan fingerprint density at radius 2 is 2.04 bits per heavy atom. The van der Waals surface area contributed by atoms with Gasteiger partial charge in [-0.15, -0.1) is 0 Å². The fourth-order valence-corrected chi connectivity index (χ4v) is 4.63. The van der Waals surface area contributed by atoms with Gasteiger partial charge in [-0.25, -0.2) is 4.79 Å². The topological polar surface area (TPSA) is 99.2 Å². The molecule has 0 saturated carbocycles. The summed E-state index contributed by atoms with van der Waals surface area (Å²) >= 11 is 1.16. The van der Waals surface area contributed by atoms with Gasteiger partial charge in [0.2, 0.25) is 5.91 Å². The Morgan fingerprint density at radius 1 is 1.31 bits per heavy atom. The van der Waals surface area contributed by atoms with Crippen LogP contribution in [0.15, 0.2) is 34.9 Å². The van der Waals surface area contributed by atoms with E-state index in [-0.39, 0.29) is 6.03 Å². The Morgan fingerprint density at radius 3 is 2.69 bits per heavy atom. The molecule has 6 nitrogen and oxygen atoms in total. The van der Waals surface area contributed by atoms with Crippen molar-refractivity contribution in [1.82, 2.24) is 10.2 Å². The van der Waals surface area contributed by atoms with Crippen LogP contribution in [0.4, 0.5) is 4.79 Å². The molecule has 0 spiro atoms. The first-order chi connectivity index (χ1) is 12.5. The lowest BCUT2D eigenvalue weighted by molar-refractivity contribution is -0.119. The van der Waals surface area contributed by atoms with Crippen molar-refractivity contribution < 1.29 is 9.59 Å². The lowest BCUT2D eigenvalue weighted by atomic mass is 9.88. The minimum absolute atomic E-state index is 0.351. The molecule has 1 saturated heterocycles. The third kappa shape index (κ3) is 3.70. The monoisotopic (exact) mass is 370 g/mol. The van der Waals surface area contributed by atoms with Crippen molar-refractivity contribution in [3.05, 3.63) is 46.0 Å². The number of nitriles is 1. The lowest BCUT2D eigenvalue weighted by Gasteiger charge is -2.27. The van der Waals surface area contributed by atoms with Crippen LogP contribution >= 0.6 is 11.8 Å². The molecular weight excluding hydrogens is 348 g/mol. The number of rotatable bonds is 2. The number of likely N-dealkylation sites (tertiary alicyclic amines) is 1. The molecule has 7 heteroatoms. The number of imide groups is 1. The van der Waals surface area contributed by atoms with E-state index in [0.717, 1.165) is 42.2 Å². The summed E-state index contributed by atoms with van der Waals surface area (Å²) in [6.07, 6.45) is 3.02. The molecule has 0 bridgehead atoms. The number of benzene rings is 1. The molecule has 0 radical (unpaired) electrons. The highest BCUT2D eigenvalue weighted by atomic mass is 32.2. The van der Waals surface area contributed by atoms with Gasteiger partial charge < -0.3 is 10.6 Å². The molecule has 2 aliphatic rings. The first-order valence-electron chi connectivity index (χ1n) is 8.74. The number of aryl methyl sites for hydroxylation is 1. The second-order valence-electron chi connectivity index (χ2n) is 6.66. The number of thioether (sulfide) groups is 1. The molecule has 136 valence electrons. The summed E-state index contributed by atoms with van der Waals surface area (Å²) in [6, 6.07) is 9.48. The summed E-state index contributed by atoms with van der Waals surface area (Å²) < 4.78 is 0. The van der Waals surface area contributed by atoms with E-state index < -0.39 is 17.1 Å². The molecule has 2 atom stereocenters. The Labute approximate surface area is 157 Å². The van der Waals surface area contributed by atoms with E-state index in [1.165, 1.54) is 0 Å². The molecule has 2 aliphatic heterocycles. The number of nitrogens with zero attached hydrogens (tertiary/aromatic N) is 2. The second-order valence-corrected chi connectivity index (χ2v) is 7.85. The Bertz CT molecular complexity index is 793. The number of nitrogens with two attached hydrogens (primary N) is 1.